The Labute approximate surface area is 201 Å². The molecule has 0 aliphatic carbocycles. The van der Waals surface area contributed by atoms with Crippen LogP contribution in [0.25, 0.3) is 0 Å². The zero-order valence-corrected chi connectivity index (χ0v) is 23.9. The molecule has 0 amide bonds. The van der Waals surface area contributed by atoms with Gasteiger partial charge in [-0.15, -0.1) is 0 Å². The normalized spacial score (nSPS) is 17.1. The van der Waals surface area contributed by atoms with E-state index in [-0.39, 0.29) is 0 Å². The van der Waals surface area contributed by atoms with Crippen molar-refractivity contribution in [1.82, 2.24) is 5.32 Å². The number of hydrogen-bond donors (Lipinski definition) is 1. The molecule has 4 nitrogen and oxygen atoms in total. The lowest BCUT2D eigenvalue weighted by atomic mass is 9.99. The molecule has 0 aliphatic rings. The molecule has 0 bridgehead atoms. The fourth-order valence-electron chi connectivity index (χ4n) is 4.00. The van der Waals surface area contributed by atoms with Crippen LogP contribution < -0.4 is 5.32 Å². The number of unbranched alkanes of at least 4 members (excludes halogenated alkanes) is 3. The molecular formula is C27H58NO3P. The molecule has 0 fully saturated rings. The van der Waals surface area contributed by atoms with E-state index >= 15 is 0 Å². The van der Waals surface area contributed by atoms with E-state index in [1.54, 1.807) is 0 Å². The molecule has 0 saturated heterocycles. The Morgan fingerprint density at radius 2 is 1.06 bits per heavy atom. The van der Waals surface area contributed by atoms with Crippen molar-refractivity contribution < 1.29 is 13.6 Å². The van der Waals surface area contributed by atoms with Crippen LogP contribution in [-0.2, 0) is 13.6 Å². The van der Waals surface area contributed by atoms with Crippen molar-refractivity contribution in [1.29, 1.82) is 0 Å². The first-order valence-corrected chi connectivity index (χ1v) is 15.4. The van der Waals surface area contributed by atoms with E-state index < -0.39 is 12.9 Å². The van der Waals surface area contributed by atoms with Crippen LogP contribution in [0.2, 0.25) is 0 Å². The largest absolute Gasteiger partial charge is 0.349 e. The van der Waals surface area contributed by atoms with Gasteiger partial charge in [0.1, 0.15) is 5.28 Å². The lowest BCUT2D eigenvalue weighted by Crippen LogP contribution is -2.43. The van der Waals surface area contributed by atoms with E-state index in [0.717, 1.165) is 38.6 Å². The zero-order valence-electron chi connectivity index (χ0n) is 23.0. The summed E-state index contributed by atoms with van der Waals surface area (Å²) in [6.07, 6.45) is 13.9. The van der Waals surface area contributed by atoms with Gasteiger partial charge in [0.2, 0.25) is 0 Å². The summed E-state index contributed by atoms with van der Waals surface area (Å²) in [6.45, 7) is 19.3. The van der Waals surface area contributed by atoms with Gasteiger partial charge >= 0.3 is 7.60 Å². The van der Waals surface area contributed by atoms with Crippen LogP contribution >= 0.6 is 7.60 Å². The molecule has 0 aromatic rings. The second-order valence-electron chi connectivity index (χ2n) is 10.3. The second kappa shape index (κ2) is 18.4. The molecule has 0 heterocycles. The molecule has 0 aromatic heterocycles. The second-order valence-corrected chi connectivity index (χ2v) is 12.9. The fraction of sp³-hybridized carbons (Fsp3) is 1.00. The number of hydrogen-bond acceptors (Lipinski definition) is 4. The monoisotopic (exact) mass is 475 g/mol. The maximum atomic E-state index is 14.2. The van der Waals surface area contributed by atoms with Crippen LogP contribution in [-0.4, -0.2) is 25.0 Å². The minimum Gasteiger partial charge on any atom is -0.307 e. The van der Waals surface area contributed by atoms with Gasteiger partial charge in [-0.2, -0.15) is 0 Å². The first kappa shape index (κ1) is 32.1. The van der Waals surface area contributed by atoms with Crippen molar-refractivity contribution in [2.45, 2.75) is 138 Å². The molecule has 0 aliphatic heterocycles. The first-order valence-electron chi connectivity index (χ1n) is 13.9. The fourth-order valence-corrected chi connectivity index (χ4v) is 5.82. The average Bonchev–Trinajstić information content (AvgIpc) is 2.79. The van der Waals surface area contributed by atoms with Gasteiger partial charge in [-0.05, 0) is 57.4 Å². The van der Waals surface area contributed by atoms with Gasteiger partial charge in [-0.1, -0.05) is 99.3 Å². The molecule has 1 N–H and O–H groups in total. The highest BCUT2D eigenvalue weighted by atomic mass is 31.2. The molecule has 0 spiro atoms. The molecule has 3 unspecified atom stereocenters. The van der Waals surface area contributed by atoms with Crippen molar-refractivity contribution in [3.63, 3.8) is 0 Å². The maximum absolute atomic E-state index is 14.2. The van der Waals surface area contributed by atoms with Gasteiger partial charge < -0.3 is 14.4 Å². The highest BCUT2D eigenvalue weighted by Crippen LogP contribution is 2.59. The summed E-state index contributed by atoms with van der Waals surface area (Å²) in [5.41, 5.74) is 0. The Hall–Kier alpha value is 0.110. The van der Waals surface area contributed by atoms with Gasteiger partial charge in [0.25, 0.3) is 0 Å². The lowest BCUT2D eigenvalue weighted by molar-refractivity contribution is 0.133. The van der Waals surface area contributed by atoms with E-state index in [9.17, 15) is 4.57 Å². The predicted octanol–water partition coefficient (Wildman–Crippen LogP) is 9.19. The molecule has 0 saturated carbocycles. The summed E-state index contributed by atoms with van der Waals surface area (Å²) in [6, 6.07) is 0. The van der Waals surface area contributed by atoms with E-state index in [1.165, 1.54) is 44.9 Å². The van der Waals surface area contributed by atoms with Gasteiger partial charge in [0, 0.05) is 0 Å². The Bertz CT molecular complexity index is 460. The van der Waals surface area contributed by atoms with E-state index in [2.05, 4.69) is 46.9 Å². The summed E-state index contributed by atoms with van der Waals surface area (Å²) >= 11 is 0. The van der Waals surface area contributed by atoms with Gasteiger partial charge in [0.15, 0.2) is 0 Å². The third-order valence-electron chi connectivity index (χ3n) is 7.10. The van der Waals surface area contributed by atoms with Gasteiger partial charge in [0.05, 0.1) is 13.2 Å². The summed E-state index contributed by atoms with van der Waals surface area (Å²) in [5, 5.41) is 2.92. The summed E-state index contributed by atoms with van der Waals surface area (Å²) in [5.74, 6) is 1.49. The maximum Gasteiger partial charge on any atom is 0.349 e. The molecule has 32 heavy (non-hydrogen) atoms. The molecule has 0 aromatic carbocycles. The summed E-state index contributed by atoms with van der Waals surface area (Å²) < 4.78 is 26.8. The van der Waals surface area contributed by atoms with Crippen molar-refractivity contribution >= 4 is 7.60 Å². The zero-order chi connectivity index (χ0) is 24.5. The third-order valence-corrected chi connectivity index (χ3v) is 9.60. The van der Waals surface area contributed by atoms with E-state index in [4.69, 9.17) is 9.05 Å². The van der Waals surface area contributed by atoms with Gasteiger partial charge in [-0.25, -0.2) is 0 Å². The van der Waals surface area contributed by atoms with Crippen LogP contribution in [0.15, 0.2) is 0 Å². The van der Waals surface area contributed by atoms with Crippen molar-refractivity contribution in [3.05, 3.63) is 0 Å². The molecule has 3 atom stereocenters. The van der Waals surface area contributed by atoms with Gasteiger partial charge in [-0.3, -0.25) is 4.57 Å². The van der Waals surface area contributed by atoms with E-state index in [0.29, 0.717) is 31.0 Å². The van der Waals surface area contributed by atoms with Crippen LogP contribution in [0.5, 0.6) is 0 Å². The Morgan fingerprint density at radius 3 is 1.41 bits per heavy atom. The SMILES string of the molecule is CCCCC(CC)CNC(C)(C)P(=O)(OCC(CC)CCCC)OCC(CC)CCCC. The van der Waals surface area contributed by atoms with Crippen molar-refractivity contribution in [2.75, 3.05) is 19.8 Å². The molecule has 0 radical (unpaired) electrons. The molecule has 194 valence electrons. The topological polar surface area (TPSA) is 47.6 Å². The van der Waals surface area contributed by atoms with Crippen LogP contribution in [0.1, 0.15) is 132 Å². The van der Waals surface area contributed by atoms with E-state index in [1.807, 2.05) is 13.8 Å². The minimum absolute atomic E-state index is 0.442. The summed E-state index contributed by atoms with van der Waals surface area (Å²) in [4.78, 5) is 0. The Kier molecular flexibility index (Phi) is 18.5. The quantitative estimate of drug-likeness (QED) is 0.159. The van der Waals surface area contributed by atoms with Crippen molar-refractivity contribution in [2.24, 2.45) is 17.8 Å². The molecule has 0 rings (SSSR count). The lowest BCUT2D eigenvalue weighted by Gasteiger charge is -2.36. The minimum atomic E-state index is -3.32. The summed E-state index contributed by atoms with van der Waals surface area (Å²) in [7, 11) is -3.32. The third kappa shape index (κ3) is 12.5. The molecule has 5 heteroatoms. The number of rotatable bonds is 22. The highest BCUT2D eigenvalue weighted by molar-refractivity contribution is 7.55. The van der Waals surface area contributed by atoms with Crippen LogP contribution in [0.3, 0.4) is 0 Å². The Balaban J connectivity index is 5.34. The molecular weight excluding hydrogens is 417 g/mol. The first-order chi connectivity index (χ1) is 15.2. The van der Waals surface area contributed by atoms with Crippen LogP contribution in [0, 0.1) is 17.8 Å². The highest BCUT2D eigenvalue weighted by Gasteiger charge is 2.44. The van der Waals surface area contributed by atoms with Crippen LogP contribution in [0.4, 0.5) is 0 Å². The predicted molar refractivity (Wildman–Crippen MR) is 142 cm³/mol. The Morgan fingerprint density at radius 1 is 0.688 bits per heavy atom. The smallest absolute Gasteiger partial charge is 0.307 e. The average molecular weight is 476 g/mol. The number of nitrogens with one attached hydrogen (secondary N) is 1. The standard InChI is InChI=1S/C27H58NO3P/c1-9-15-18-24(12-4)21-28-27(7,8)32(29,30-22-25(13-5)19-16-10-2)31-23-26(14-6)20-17-11-3/h24-26,28H,9-23H2,1-8H3. The van der Waals surface area contributed by atoms with Crippen molar-refractivity contribution in [3.8, 4) is 0 Å².